The highest BCUT2D eigenvalue weighted by molar-refractivity contribution is 5.77. The zero-order chi connectivity index (χ0) is 15.7. The first kappa shape index (κ1) is 15.0. The van der Waals surface area contributed by atoms with Crippen molar-refractivity contribution in [1.29, 1.82) is 0 Å². The minimum Gasteiger partial charge on any atom is -0.393 e. The molecule has 4 rings (SSSR count). The molecule has 2 N–H and O–H groups in total. The lowest BCUT2D eigenvalue weighted by atomic mass is 9.46. The van der Waals surface area contributed by atoms with Crippen molar-refractivity contribution in [3.63, 3.8) is 0 Å². The number of piperidine rings is 1. The number of fused-ring (bicyclic) bond motifs is 5. The van der Waals surface area contributed by atoms with Crippen LogP contribution in [0.1, 0.15) is 65.7 Å². The SMILES string of the molecule is CC1CC[C@@]2(C)CC[C@@H]3[C@@H](C(O)CC4NC(=O)CC[C@@]43C)[C@H]12. The number of hydrogen-bond acceptors (Lipinski definition) is 2. The van der Waals surface area contributed by atoms with Crippen LogP contribution < -0.4 is 5.32 Å². The van der Waals surface area contributed by atoms with E-state index < -0.39 is 0 Å². The molecule has 1 heterocycles. The first-order valence-electron chi connectivity index (χ1n) is 9.32. The minimum atomic E-state index is -0.230. The summed E-state index contributed by atoms with van der Waals surface area (Å²) in [5.41, 5.74) is 0.643. The molecule has 3 unspecified atom stereocenters. The molecule has 4 aliphatic rings. The summed E-state index contributed by atoms with van der Waals surface area (Å²) < 4.78 is 0. The first-order valence-corrected chi connectivity index (χ1v) is 9.32. The molecule has 22 heavy (non-hydrogen) atoms. The smallest absolute Gasteiger partial charge is 0.220 e. The molecule has 4 fully saturated rings. The van der Waals surface area contributed by atoms with Crippen molar-refractivity contribution >= 4 is 5.91 Å². The van der Waals surface area contributed by atoms with E-state index in [0.29, 0.717) is 29.6 Å². The number of carbonyl (C=O) groups is 1. The Morgan fingerprint density at radius 3 is 2.68 bits per heavy atom. The molecular formula is C19H31NO2. The van der Waals surface area contributed by atoms with E-state index in [4.69, 9.17) is 0 Å². The average molecular weight is 305 g/mol. The van der Waals surface area contributed by atoms with Crippen molar-refractivity contribution in [1.82, 2.24) is 5.32 Å². The van der Waals surface area contributed by atoms with Crippen molar-refractivity contribution in [3.05, 3.63) is 0 Å². The second kappa shape index (κ2) is 4.72. The third-order valence-corrected chi connectivity index (χ3v) is 8.28. The number of aliphatic hydroxyl groups is 1. The topological polar surface area (TPSA) is 49.3 Å². The third kappa shape index (κ3) is 1.87. The second-order valence-corrected chi connectivity index (χ2v) is 9.35. The maximum Gasteiger partial charge on any atom is 0.220 e. The number of aliphatic hydroxyl groups excluding tert-OH is 1. The molecule has 0 spiro atoms. The molecule has 124 valence electrons. The summed E-state index contributed by atoms with van der Waals surface area (Å²) in [5.74, 6) is 2.64. The summed E-state index contributed by atoms with van der Waals surface area (Å²) in [6, 6.07) is 0.186. The molecule has 3 saturated carbocycles. The monoisotopic (exact) mass is 305 g/mol. The van der Waals surface area contributed by atoms with Crippen LogP contribution >= 0.6 is 0 Å². The van der Waals surface area contributed by atoms with Gasteiger partial charge in [0.05, 0.1) is 6.10 Å². The minimum absolute atomic E-state index is 0.183. The largest absolute Gasteiger partial charge is 0.393 e. The number of nitrogens with one attached hydrogen (secondary N) is 1. The molecule has 3 nitrogen and oxygen atoms in total. The van der Waals surface area contributed by atoms with Crippen LogP contribution in [0.5, 0.6) is 0 Å². The normalized spacial score (nSPS) is 57.5. The molecule has 3 heteroatoms. The molecule has 3 aliphatic carbocycles. The molecule has 1 saturated heterocycles. The molecular weight excluding hydrogens is 274 g/mol. The molecule has 0 aromatic rings. The molecule has 1 amide bonds. The van der Waals surface area contributed by atoms with Gasteiger partial charge in [-0.05, 0) is 73.0 Å². The predicted molar refractivity (Wildman–Crippen MR) is 86.1 cm³/mol. The van der Waals surface area contributed by atoms with Gasteiger partial charge in [0.2, 0.25) is 5.91 Å². The van der Waals surface area contributed by atoms with E-state index in [0.717, 1.165) is 18.8 Å². The quantitative estimate of drug-likeness (QED) is 0.722. The van der Waals surface area contributed by atoms with Gasteiger partial charge in [0.25, 0.3) is 0 Å². The Morgan fingerprint density at radius 2 is 1.91 bits per heavy atom. The van der Waals surface area contributed by atoms with E-state index in [2.05, 4.69) is 26.1 Å². The Labute approximate surface area is 134 Å². The van der Waals surface area contributed by atoms with Crippen LogP contribution in [0.4, 0.5) is 0 Å². The fraction of sp³-hybridized carbons (Fsp3) is 0.947. The summed E-state index contributed by atoms with van der Waals surface area (Å²) in [6.07, 6.45) is 7.43. The van der Waals surface area contributed by atoms with Crippen LogP contribution in [0.25, 0.3) is 0 Å². The van der Waals surface area contributed by atoms with E-state index in [9.17, 15) is 9.90 Å². The third-order valence-electron chi connectivity index (χ3n) is 8.28. The van der Waals surface area contributed by atoms with Gasteiger partial charge >= 0.3 is 0 Å². The van der Waals surface area contributed by atoms with Gasteiger partial charge in [0.15, 0.2) is 0 Å². The fourth-order valence-corrected chi connectivity index (χ4v) is 7.09. The highest BCUT2D eigenvalue weighted by atomic mass is 16.3. The lowest BCUT2D eigenvalue weighted by Gasteiger charge is -2.61. The van der Waals surface area contributed by atoms with Crippen LogP contribution in [0, 0.1) is 34.5 Å². The first-order chi connectivity index (χ1) is 10.3. The summed E-state index contributed by atoms with van der Waals surface area (Å²) >= 11 is 0. The second-order valence-electron chi connectivity index (χ2n) is 9.35. The van der Waals surface area contributed by atoms with E-state index >= 15 is 0 Å². The highest BCUT2D eigenvalue weighted by Crippen LogP contribution is 2.65. The zero-order valence-electron chi connectivity index (χ0n) is 14.3. The summed E-state index contributed by atoms with van der Waals surface area (Å²) in [6.45, 7) is 7.27. The fourth-order valence-electron chi connectivity index (χ4n) is 7.09. The van der Waals surface area contributed by atoms with Crippen LogP contribution in [-0.4, -0.2) is 23.2 Å². The molecule has 1 aliphatic heterocycles. The van der Waals surface area contributed by atoms with Gasteiger partial charge in [-0.1, -0.05) is 20.8 Å². The van der Waals surface area contributed by atoms with Crippen LogP contribution in [0.2, 0.25) is 0 Å². The summed E-state index contributed by atoms with van der Waals surface area (Å²) in [7, 11) is 0. The predicted octanol–water partition coefficient (Wildman–Crippen LogP) is 3.11. The van der Waals surface area contributed by atoms with Crippen LogP contribution in [0.3, 0.4) is 0 Å². The molecule has 0 aromatic carbocycles. The van der Waals surface area contributed by atoms with E-state index in [-0.39, 0.29) is 23.5 Å². The van der Waals surface area contributed by atoms with Crippen LogP contribution in [-0.2, 0) is 4.79 Å². The van der Waals surface area contributed by atoms with Crippen molar-refractivity contribution in [3.8, 4) is 0 Å². The Kier molecular flexibility index (Phi) is 3.21. The van der Waals surface area contributed by atoms with Gasteiger partial charge in [-0.2, -0.15) is 0 Å². The van der Waals surface area contributed by atoms with Gasteiger partial charge in [0, 0.05) is 12.5 Å². The van der Waals surface area contributed by atoms with E-state index in [1.807, 2.05) is 0 Å². The maximum atomic E-state index is 11.8. The number of carbonyl (C=O) groups excluding carboxylic acids is 1. The zero-order valence-corrected chi connectivity index (χ0v) is 14.3. The van der Waals surface area contributed by atoms with Gasteiger partial charge in [-0.15, -0.1) is 0 Å². The standard InChI is InChI=1S/C19H31NO2/c1-11-4-7-18(2)8-5-12-16(17(11)18)13(21)10-14-19(12,3)9-6-15(22)20-14/h11-14,16-17,21H,4-10H2,1-3H3,(H,20,22)/t11?,12-,13?,14?,16+,17+,18+,19-/m1/s1. The molecule has 0 radical (unpaired) electrons. The highest BCUT2D eigenvalue weighted by Gasteiger charge is 2.62. The van der Waals surface area contributed by atoms with Gasteiger partial charge in [-0.25, -0.2) is 0 Å². The van der Waals surface area contributed by atoms with Crippen molar-refractivity contribution in [2.75, 3.05) is 0 Å². The maximum absolute atomic E-state index is 11.8. The summed E-state index contributed by atoms with van der Waals surface area (Å²) in [4.78, 5) is 11.8. The Hall–Kier alpha value is -0.570. The van der Waals surface area contributed by atoms with Crippen LogP contribution in [0.15, 0.2) is 0 Å². The Bertz CT molecular complexity index is 492. The van der Waals surface area contributed by atoms with Crippen molar-refractivity contribution < 1.29 is 9.90 Å². The van der Waals surface area contributed by atoms with Gasteiger partial charge in [0.1, 0.15) is 0 Å². The number of rotatable bonds is 0. The van der Waals surface area contributed by atoms with Crippen molar-refractivity contribution in [2.24, 2.45) is 34.5 Å². The van der Waals surface area contributed by atoms with Crippen molar-refractivity contribution in [2.45, 2.75) is 77.9 Å². The Balaban J connectivity index is 1.70. The van der Waals surface area contributed by atoms with Gasteiger partial charge < -0.3 is 10.4 Å². The number of amides is 1. The lowest BCUT2D eigenvalue weighted by molar-refractivity contribution is -0.158. The van der Waals surface area contributed by atoms with E-state index in [1.54, 1.807) is 0 Å². The summed E-state index contributed by atoms with van der Waals surface area (Å²) in [5, 5.41) is 14.2. The molecule has 8 atom stereocenters. The molecule has 0 bridgehead atoms. The average Bonchev–Trinajstić information content (AvgIpc) is 2.77. The van der Waals surface area contributed by atoms with Gasteiger partial charge in [-0.3, -0.25) is 4.79 Å². The van der Waals surface area contributed by atoms with E-state index in [1.165, 1.54) is 25.7 Å². The number of hydrogen-bond donors (Lipinski definition) is 2. The Morgan fingerprint density at radius 1 is 1.18 bits per heavy atom. The lowest BCUT2D eigenvalue weighted by Crippen LogP contribution is -2.64. The molecule has 0 aromatic heterocycles.